The number of carbonyl (C=O) groups is 1. The van der Waals surface area contributed by atoms with E-state index < -0.39 is 22.5 Å². The van der Waals surface area contributed by atoms with Gasteiger partial charge in [0.2, 0.25) is 15.9 Å². The summed E-state index contributed by atoms with van der Waals surface area (Å²) in [5, 5.41) is 2.99. The van der Waals surface area contributed by atoms with Crippen molar-refractivity contribution in [1.29, 1.82) is 0 Å². The summed E-state index contributed by atoms with van der Waals surface area (Å²) in [6, 6.07) is 11.0. The van der Waals surface area contributed by atoms with Crippen LogP contribution < -0.4 is 14.4 Å². The van der Waals surface area contributed by atoms with E-state index in [0.717, 1.165) is 10.6 Å². The molecule has 0 saturated carbocycles. The van der Waals surface area contributed by atoms with Crippen LogP contribution >= 0.6 is 23.4 Å². The van der Waals surface area contributed by atoms with Gasteiger partial charge in [-0.15, -0.1) is 0 Å². The Balaban J connectivity index is 1.92. The summed E-state index contributed by atoms with van der Waals surface area (Å²) in [7, 11) is -2.35. The van der Waals surface area contributed by atoms with E-state index in [1.54, 1.807) is 24.3 Å². The topological polar surface area (TPSA) is 75.7 Å². The minimum Gasteiger partial charge on any atom is -0.495 e. The normalized spacial score (nSPS) is 11.2. The molecule has 158 valence electrons. The second-order valence-electron chi connectivity index (χ2n) is 6.08. The molecule has 29 heavy (non-hydrogen) atoms. The quantitative estimate of drug-likeness (QED) is 0.550. The van der Waals surface area contributed by atoms with E-state index in [1.165, 1.54) is 37.1 Å². The van der Waals surface area contributed by atoms with Crippen LogP contribution in [0.2, 0.25) is 5.02 Å². The molecule has 2 rings (SSSR count). The highest BCUT2D eigenvalue weighted by Crippen LogP contribution is 2.32. The molecular weight excluding hydrogens is 439 g/mol. The van der Waals surface area contributed by atoms with E-state index in [1.807, 2.05) is 0 Å². The Hall–Kier alpha value is -1.97. The lowest BCUT2D eigenvalue weighted by molar-refractivity contribution is -0.119. The SMILES string of the molecule is COc1ccc(Cl)cc1N(CC(=O)NCCSCc1ccccc1F)S(C)(=O)=O. The zero-order valence-corrected chi connectivity index (χ0v) is 18.4. The molecule has 1 N–H and O–H groups in total. The minimum atomic E-state index is -3.75. The highest BCUT2D eigenvalue weighted by molar-refractivity contribution is 7.98. The molecule has 0 bridgehead atoms. The van der Waals surface area contributed by atoms with Crippen molar-refractivity contribution in [3.05, 3.63) is 58.9 Å². The number of methoxy groups -OCH3 is 1. The minimum absolute atomic E-state index is 0.187. The Morgan fingerprint density at radius 2 is 2.00 bits per heavy atom. The Kier molecular flexibility index (Phi) is 8.60. The van der Waals surface area contributed by atoms with Crippen molar-refractivity contribution in [3.8, 4) is 5.75 Å². The third-order valence-electron chi connectivity index (χ3n) is 3.88. The number of halogens is 2. The lowest BCUT2D eigenvalue weighted by Crippen LogP contribution is -2.41. The molecule has 0 heterocycles. The van der Waals surface area contributed by atoms with E-state index >= 15 is 0 Å². The molecule has 0 radical (unpaired) electrons. The number of ether oxygens (including phenoxy) is 1. The molecule has 0 aliphatic heterocycles. The fraction of sp³-hybridized carbons (Fsp3) is 0.316. The summed E-state index contributed by atoms with van der Waals surface area (Å²) in [4.78, 5) is 12.3. The number of amides is 1. The van der Waals surface area contributed by atoms with Crippen LogP contribution in [-0.4, -0.2) is 46.5 Å². The standard InChI is InChI=1S/C19H22ClFN2O4S2/c1-27-18-8-7-15(20)11-17(18)23(29(2,25)26)12-19(24)22-9-10-28-13-14-5-3-4-6-16(14)21/h3-8,11H,9-10,12-13H2,1-2H3,(H,22,24). The first-order valence-corrected chi connectivity index (χ1v) is 12.0. The van der Waals surface area contributed by atoms with Gasteiger partial charge in [0.1, 0.15) is 18.1 Å². The molecule has 0 saturated heterocycles. The van der Waals surface area contributed by atoms with Crippen molar-refractivity contribution >= 4 is 45.0 Å². The Morgan fingerprint density at radius 3 is 2.66 bits per heavy atom. The maximum atomic E-state index is 13.6. The number of carbonyl (C=O) groups excluding carboxylic acids is 1. The molecule has 0 aliphatic rings. The van der Waals surface area contributed by atoms with E-state index in [0.29, 0.717) is 28.6 Å². The van der Waals surface area contributed by atoms with E-state index in [4.69, 9.17) is 16.3 Å². The number of thioether (sulfide) groups is 1. The van der Waals surface area contributed by atoms with Crippen molar-refractivity contribution in [1.82, 2.24) is 5.32 Å². The summed E-state index contributed by atoms with van der Waals surface area (Å²) in [5.41, 5.74) is 0.784. The summed E-state index contributed by atoms with van der Waals surface area (Å²) >= 11 is 7.44. The van der Waals surface area contributed by atoms with Crippen molar-refractivity contribution in [2.45, 2.75) is 5.75 Å². The Bertz CT molecular complexity index is 957. The number of sulfonamides is 1. The van der Waals surface area contributed by atoms with Gasteiger partial charge in [-0.05, 0) is 29.8 Å². The Labute approximate surface area is 179 Å². The largest absolute Gasteiger partial charge is 0.495 e. The van der Waals surface area contributed by atoms with Crippen LogP contribution in [0.5, 0.6) is 5.75 Å². The maximum absolute atomic E-state index is 13.6. The second-order valence-corrected chi connectivity index (χ2v) is 9.53. The van der Waals surface area contributed by atoms with Gasteiger partial charge in [0.15, 0.2) is 0 Å². The van der Waals surface area contributed by atoms with Crippen molar-refractivity contribution in [3.63, 3.8) is 0 Å². The maximum Gasteiger partial charge on any atom is 0.240 e. The summed E-state index contributed by atoms with van der Waals surface area (Å²) in [6.07, 6.45) is 1.00. The summed E-state index contributed by atoms with van der Waals surface area (Å²) in [6.45, 7) is -0.0875. The average Bonchev–Trinajstić information content (AvgIpc) is 2.66. The van der Waals surface area contributed by atoms with Gasteiger partial charge in [-0.2, -0.15) is 11.8 Å². The average molecular weight is 461 g/mol. The van der Waals surface area contributed by atoms with Crippen LogP contribution in [0.3, 0.4) is 0 Å². The number of anilines is 1. The fourth-order valence-electron chi connectivity index (χ4n) is 2.49. The van der Waals surface area contributed by atoms with Gasteiger partial charge < -0.3 is 10.1 Å². The molecule has 0 atom stereocenters. The number of benzene rings is 2. The van der Waals surface area contributed by atoms with Crippen molar-refractivity contribution < 1.29 is 22.3 Å². The van der Waals surface area contributed by atoms with Gasteiger partial charge in [-0.25, -0.2) is 12.8 Å². The molecule has 0 aromatic heterocycles. The molecule has 2 aromatic rings. The first-order valence-electron chi connectivity index (χ1n) is 8.61. The third kappa shape index (κ3) is 7.09. The summed E-state index contributed by atoms with van der Waals surface area (Å²) in [5.74, 6) is 0.595. The predicted octanol–water partition coefficient (Wildman–Crippen LogP) is 3.30. The Morgan fingerprint density at radius 1 is 1.28 bits per heavy atom. The molecular formula is C19H22ClFN2O4S2. The molecule has 0 spiro atoms. The molecule has 0 fully saturated rings. The zero-order valence-electron chi connectivity index (χ0n) is 16.0. The van der Waals surface area contributed by atoms with Gasteiger partial charge in [0.25, 0.3) is 0 Å². The third-order valence-corrected chi connectivity index (χ3v) is 6.25. The van der Waals surface area contributed by atoms with Gasteiger partial charge >= 0.3 is 0 Å². The van der Waals surface area contributed by atoms with Gasteiger partial charge in [0, 0.05) is 23.1 Å². The lowest BCUT2D eigenvalue weighted by Gasteiger charge is -2.24. The lowest BCUT2D eigenvalue weighted by atomic mass is 10.2. The zero-order chi connectivity index (χ0) is 21.4. The molecule has 0 aliphatic carbocycles. The fourth-order valence-corrected chi connectivity index (χ4v) is 4.35. The smallest absolute Gasteiger partial charge is 0.240 e. The van der Waals surface area contributed by atoms with Gasteiger partial charge in [0.05, 0.1) is 19.1 Å². The van der Waals surface area contributed by atoms with Crippen LogP contribution in [0.15, 0.2) is 42.5 Å². The molecule has 6 nitrogen and oxygen atoms in total. The first-order chi connectivity index (χ1) is 13.7. The number of nitrogens with zero attached hydrogens (tertiary/aromatic N) is 1. The summed E-state index contributed by atoms with van der Waals surface area (Å²) < 4.78 is 44.1. The monoisotopic (exact) mass is 460 g/mol. The highest BCUT2D eigenvalue weighted by Gasteiger charge is 2.24. The van der Waals surface area contributed by atoms with Crippen LogP contribution in [-0.2, 0) is 20.6 Å². The van der Waals surface area contributed by atoms with Gasteiger partial charge in [-0.1, -0.05) is 29.8 Å². The first kappa shape index (κ1) is 23.3. The van der Waals surface area contributed by atoms with E-state index in [2.05, 4.69) is 5.32 Å². The number of hydrogen-bond donors (Lipinski definition) is 1. The van der Waals surface area contributed by atoms with Crippen LogP contribution in [0.4, 0.5) is 10.1 Å². The van der Waals surface area contributed by atoms with E-state index in [9.17, 15) is 17.6 Å². The van der Waals surface area contributed by atoms with Crippen LogP contribution in [0, 0.1) is 5.82 Å². The molecule has 2 aromatic carbocycles. The van der Waals surface area contributed by atoms with Crippen molar-refractivity contribution in [2.75, 3.05) is 36.5 Å². The van der Waals surface area contributed by atoms with Gasteiger partial charge in [-0.3, -0.25) is 9.10 Å². The van der Waals surface area contributed by atoms with Crippen molar-refractivity contribution in [2.24, 2.45) is 0 Å². The second kappa shape index (κ2) is 10.7. The van der Waals surface area contributed by atoms with Crippen LogP contribution in [0.1, 0.15) is 5.56 Å². The number of hydrogen-bond acceptors (Lipinski definition) is 5. The highest BCUT2D eigenvalue weighted by atomic mass is 35.5. The molecule has 1 amide bonds. The number of nitrogens with one attached hydrogen (secondary N) is 1. The number of rotatable bonds is 10. The van der Waals surface area contributed by atoms with Crippen LogP contribution in [0.25, 0.3) is 0 Å². The predicted molar refractivity (Wildman–Crippen MR) is 116 cm³/mol. The van der Waals surface area contributed by atoms with E-state index in [-0.39, 0.29) is 17.3 Å². The molecule has 0 unspecified atom stereocenters. The molecule has 10 heteroatoms.